The molecule has 0 saturated carbocycles. The molecule has 1 aliphatic heterocycles. The van der Waals surface area contributed by atoms with E-state index in [9.17, 15) is 14.0 Å². The molecule has 5 nitrogen and oxygen atoms in total. The summed E-state index contributed by atoms with van der Waals surface area (Å²) in [5.41, 5.74) is 1.17. The molecule has 164 valence electrons. The van der Waals surface area contributed by atoms with Crippen molar-refractivity contribution in [3.05, 3.63) is 64.3 Å². The fraction of sp³-hybridized carbons (Fsp3) is 0.333. The minimum Gasteiger partial charge on any atom is -0.490 e. The van der Waals surface area contributed by atoms with Gasteiger partial charge in [0.2, 0.25) is 0 Å². The summed E-state index contributed by atoms with van der Waals surface area (Å²) in [7, 11) is 0. The first-order valence-electron chi connectivity index (χ1n) is 10.4. The third-order valence-electron chi connectivity index (χ3n) is 4.77. The largest absolute Gasteiger partial charge is 0.490 e. The van der Waals surface area contributed by atoms with Crippen molar-refractivity contribution in [2.24, 2.45) is 0 Å². The monoisotopic (exact) mass is 443 g/mol. The lowest BCUT2D eigenvalue weighted by Crippen LogP contribution is -2.29. The van der Waals surface area contributed by atoms with Crippen LogP contribution in [0.1, 0.15) is 44.2 Å². The molecule has 0 bridgehead atoms. The Morgan fingerprint density at radius 1 is 1.03 bits per heavy atom. The van der Waals surface area contributed by atoms with Crippen molar-refractivity contribution in [3.63, 3.8) is 0 Å². The van der Waals surface area contributed by atoms with Crippen molar-refractivity contribution < 1.29 is 23.5 Å². The number of hydrogen-bond donors (Lipinski definition) is 0. The molecule has 0 radical (unpaired) electrons. The number of unbranched alkanes of at least 4 members (excludes halogenated alkanes) is 2. The van der Waals surface area contributed by atoms with Gasteiger partial charge in [0, 0.05) is 12.1 Å². The number of thioether (sulfide) groups is 1. The van der Waals surface area contributed by atoms with Gasteiger partial charge in [0.15, 0.2) is 11.5 Å². The predicted molar refractivity (Wildman–Crippen MR) is 121 cm³/mol. The van der Waals surface area contributed by atoms with Gasteiger partial charge in [-0.2, -0.15) is 0 Å². The van der Waals surface area contributed by atoms with Crippen LogP contribution in [0.15, 0.2) is 47.4 Å². The van der Waals surface area contributed by atoms with Gasteiger partial charge in [-0.25, -0.2) is 4.39 Å². The van der Waals surface area contributed by atoms with Crippen LogP contribution in [-0.2, 0) is 11.4 Å². The Bertz CT molecular complexity index is 976. The SMILES string of the molecule is CCCCCN1C(=O)S/C(=C\c2ccc(OCc3ccccc3F)c(OCC)c2)C1=O. The molecule has 1 aliphatic rings. The Kier molecular flexibility index (Phi) is 8.12. The Hall–Kier alpha value is -2.80. The lowest BCUT2D eigenvalue weighted by Gasteiger charge is -2.13. The van der Waals surface area contributed by atoms with Gasteiger partial charge in [-0.15, -0.1) is 0 Å². The summed E-state index contributed by atoms with van der Waals surface area (Å²) in [6.07, 6.45) is 4.50. The predicted octanol–water partition coefficient (Wildman–Crippen LogP) is 6.03. The molecule has 2 aromatic carbocycles. The summed E-state index contributed by atoms with van der Waals surface area (Å²) >= 11 is 0.952. The molecule has 0 unspecified atom stereocenters. The van der Waals surface area contributed by atoms with Crippen LogP contribution >= 0.6 is 11.8 Å². The molecule has 1 fully saturated rings. The van der Waals surface area contributed by atoms with Crippen molar-refractivity contribution in [2.75, 3.05) is 13.2 Å². The number of nitrogens with zero attached hydrogens (tertiary/aromatic N) is 1. The number of rotatable bonds is 10. The summed E-state index contributed by atoms with van der Waals surface area (Å²) in [5, 5.41) is -0.234. The standard InChI is InChI=1S/C24H26FNO4S/c1-3-5-8-13-26-23(27)22(31-24(26)28)15-17-11-12-20(21(14-17)29-4-2)30-16-18-9-6-7-10-19(18)25/h6-7,9-12,14-15H,3-5,8,13,16H2,1-2H3/b22-15-. The highest BCUT2D eigenvalue weighted by molar-refractivity contribution is 8.18. The van der Waals surface area contributed by atoms with Crippen molar-refractivity contribution in [1.82, 2.24) is 4.90 Å². The lowest BCUT2D eigenvalue weighted by atomic mass is 10.1. The van der Waals surface area contributed by atoms with E-state index in [-0.39, 0.29) is 23.6 Å². The summed E-state index contributed by atoms with van der Waals surface area (Å²) in [4.78, 5) is 26.5. The van der Waals surface area contributed by atoms with Crippen LogP contribution in [0.4, 0.5) is 9.18 Å². The highest BCUT2D eigenvalue weighted by atomic mass is 32.2. The van der Waals surface area contributed by atoms with Gasteiger partial charge in [0.05, 0.1) is 11.5 Å². The Balaban J connectivity index is 1.75. The second-order valence-electron chi connectivity index (χ2n) is 7.06. The third-order valence-corrected chi connectivity index (χ3v) is 5.67. The van der Waals surface area contributed by atoms with E-state index in [1.165, 1.54) is 11.0 Å². The number of benzene rings is 2. The average Bonchev–Trinajstić information content (AvgIpc) is 3.02. The first-order chi connectivity index (χ1) is 15.0. The Morgan fingerprint density at radius 2 is 1.84 bits per heavy atom. The molecule has 7 heteroatoms. The number of ether oxygens (including phenoxy) is 2. The van der Waals surface area contributed by atoms with Crippen molar-refractivity contribution in [2.45, 2.75) is 39.7 Å². The number of amides is 2. The maximum atomic E-state index is 13.8. The summed E-state index contributed by atoms with van der Waals surface area (Å²) in [5.74, 6) is 0.389. The first kappa shape index (κ1) is 22.9. The van der Waals surface area contributed by atoms with Gasteiger partial charge < -0.3 is 9.47 Å². The van der Waals surface area contributed by atoms with Crippen molar-refractivity contribution >= 4 is 29.0 Å². The van der Waals surface area contributed by atoms with Gasteiger partial charge in [0.1, 0.15) is 12.4 Å². The van der Waals surface area contributed by atoms with E-state index in [1.807, 2.05) is 6.92 Å². The molecular weight excluding hydrogens is 417 g/mol. The minimum absolute atomic E-state index is 0.0722. The zero-order valence-electron chi connectivity index (χ0n) is 17.7. The fourth-order valence-electron chi connectivity index (χ4n) is 3.14. The summed E-state index contributed by atoms with van der Waals surface area (Å²) < 4.78 is 25.3. The van der Waals surface area contributed by atoms with E-state index < -0.39 is 0 Å². The fourth-order valence-corrected chi connectivity index (χ4v) is 4.00. The van der Waals surface area contributed by atoms with Crippen LogP contribution in [0.5, 0.6) is 11.5 Å². The van der Waals surface area contributed by atoms with Crippen LogP contribution in [0.3, 0.4) is 0 Å². The van der Waals surface area contributed by atoms with Crippen molar-refractivity contribution in [1.29, 1.82) is 0 Å². The number of carbonyl (C=O) groups is 2. The van der Waals surface area contributed by atoms with Gasteiger partial charge in [0.25, 0.3) is 11.1 Å². The molecule has 3 rings (SSSR count). The van der Waals surface area contributed by atoms with E-state index in [2.05, 4.69) is 6.92 Å². The molecule has 0 aromatic heterocycles. The quantitative estimate of drug-likeness (QED) is 0.331. The van der Waals surface area contributed by atoms with Gasteiger partial charge >= 0.3 is 0 Å². The number of halogens is 1. The van der Waals surface area contributed by atoms with E-state index in [0.29, 0.717) is 35.1 Å². The second kappa shape index (κ2) is 11.0. The molecule has 2 amide bonds. The van der Waals surface area contributed by atoms with Crippen molar-refractivity contribution in [3.8, 4) is 11.5 Å². The molecule has 31 heavy (non-hydrogen) atoms. The van der Waals surface area contributed by atoms with Crippen LogP contribution < -0.4 is 9.47 Å². The highest BCUT2D eigenvalue weighted by Crippen LogP contribution is 2.35. The summed E-state index contributed by atoms with van der Waals surface area (Å²) in [6.45, 7) is 4.88. The lowest BCUT2D eigenvalue weighted by molar-refractivity contribution is -0.122. The molecule has 1 saturated heterocycles. The maximum Gasteiger partial charge on any atom is 0.293 e. The second-order valence-corrected chi connectivity index (χ2v) is 8.05. The van der Waals surface area contributed by atoms with Gasteiger partial charge in [-0.1, -0.05) is 44.0 Å². The normalized spacial score (nSPS) is 15.1. The third kappa shape index (κ3) is 5.88. The molecule has 0 spiro atoms. The topological polar surface area (TPSA) is 55.8 Å². The van der Waals surface area contributed by atoms with Crippen LogP contribution in [0.25, 0.3) is 6.08 Å². The van der Waals surface area contributed by atoms with Crippen LogP contribution in [0, 0.1) is 5.82 Å². The van der Waals surface area contributed by atoms with E-state index in [0.717, 1.165) is 36.6 Å². The highest BCUT2D eigenvalue weighted by Gasteiger charge is 2.34. The average molecular weight is 444 g/mol. The summed E-state index contributed by atoms with van der Waals surface area (Å²) in [6, 6.07) is 11.7. The zero-order chi connectivity index (χ0) is 22.2. The maximum absolute atomic E-state index is 13.8. The number of imide groups is 1. The first-order valence-corrected chi connectivity index (χ1v) is 11.2. The molecule has 0 atom stereocenters. The van der Waals surface area contributed by atoms with E-state index in [4.69, 9.17) is 9.47 Å². The molecule has 1 heterocycles. The number of carbonyl (C=O) groups excluding carboxylic acids is 2. The van der Waals surface area contributed by atoms with Crippen LogP contribution in [0.2, 0.25) is 0 Å². The molecule has 0 N–H and O–H groups in total. The molecule has 2 aromatic rings. The van der Waals surface area contributed by atoms with Crippen LogP contribution in [-0.4, -0.2) is 29.2 Å². The zero-order valence-corrected chi connectivity index (χ0v) is 18.5. The Morgan fingerprint density at radius 3 is 2.58 bits per heavy atom. The minimum atomic E-state index is -0.327. The van der Waals surface area contributed by atoms with Gasteiger partial charge in [-0.05, 0) is 54.9 Å². The smallest absolute Gasteiger partial charge is 0.293 e. The van der Waals surface area contributed by atoms with Gasteiger partial charge in [-0.3, -0.25) is 14.5 Å². The molecule has 0 aliphatic carbocycles. The Labute approximate surface area is 186 Å². The van der Waals surface area contributed by atoms with E-state index in [1.54, 1.807) is 42.5 Å². The molecular formula is C24H26FNO4S. The van der Waals surface area contributed by atoms with E-state index >= 15 is 0 Å². The number of hydrogen-bond acceptors (Lipinski definition) is 5.